The van der Waals surface area contributed by atoms with E-state index in [4.69, 9.17) is 9.52 Å². The molecule has 96 valence electrons. The maximum Gasteiger partial charge on any atom is 0.371 e. The first-order chi connectivity index (χ1) is 9.15. The Morgan fingerprint density at radius 1 is 1.00 bits per heavy atom. The van der Waals surface area contributed by atoms with Crippen molar-refractivity contribution in [1.29, 1.82) is 0 Å². The molecule has 1 aromatic heterocycles. The van der Waals surface area contributed by atoms with E-state index in [1.165, 1.54) is 23.3 Å². The Morgan fingerprint density at radius 3 is 2.47 bits per heavy atom. The highest BCUT2D eigenvalue weighted by Crippen LogP contribution is 2.24. The van der Waals surface area contributed by atoms with Gasteiger partial charge in [-0.3, -0.25) is 4.79 Å². The van der Waals surface area contributed by atoms with E-state index < -0.39 is 5.97 Å². The van der Waals surface area contributed by atoms with Crippen LogP contribution in [0.4, 0.5) is 0 Å². The fourth-order valence-corrected chi connectivity index (χ4v) is 2.43. The minimum absolute atomic E-state index is 0.0651. The Labute approximate surface area is 109 Å². The van der Waals surface area contributed by atoms with Crippen LogP contribution in [0.25, 0.3) is 0 Å². The van der Waals surface area contributed by atoms with Crippen LogP contribution in [0.1, 0.15) is 44.2 Å². The van der Waals surface area contributed by atoms with Crippen molar-refractivity contribution < 1.29 is 19.1 Å². The lowest BCUT2D eigenvalue weighted by atomic mass is 10.0. The van der Waals surface area contributed by atoms with Gasteiger partial charge in [0.05, 0.1) is 0 Å². The number of carbonyl (C=O) groups is 2. The lowest BCUT2D eigenvalue weighted by Crippen LogP contribution is -2.01. The second kappa shape index (κ2) is 4.39. The van der Waals surface area contributed by atoms with Gasteiger partial charge in [0.15, 0.2) is 5.76 Å². The molecule has 0 bridgehead atoms. The highest BCUT2D eigenvalue weighted by Gasteiger charge is 2.19. The fraction of sp³-hybridized carbons (Fsp3) is 0.200. The number of aryl methyl sites for hydroxylation is 2. The Bertz CT molecular complexity index is 667. The van der Waals surface area contributed by atoms with E-state index in [0.717, 1.165) is 19.3 Å². The number of hydrogen-bond acceptors (Lipinski definition) is 3. The molecule has 1 heterocycles. The van der Waals surface area contributed by atoms with Crippen molar-refractivity contribution in [2.75, 3.05) is 0 Å². The molecule has 0 radical (unpaired) electrons. The molecule has 0 aliphatic heterocycles. The van der Waals surface area contributed by atoms with E-state index in [2.05, 4.69) is 0 Å². The molecule has 1 aromatic carbocycles. The number of carboxylic acid groups (broad SMARTS) is 1. The van der Waals surface area contributed by atoms with Crippen molar-refractivity contribution in [3.8, 4) is 0 Å². The van der Waals surface area contributed by atoms with Crippen molar-refractivity contribution in [2.24, 2.45) is 0 Å². The molecule has 2 aromatic rings. The molecule has 0 unspecified atom stereocenters. The summed E-state index contributed by atoms with van der Waals surface area (Å²) >= 11 is 0. The second-order valence-electron chi connectivity index (χ2n) is 4.64. The van der Waals surface area contributed by atoms with E-state index in [1.54, 1.807) is 6.07 Å². The van der Waals surface area contributed by atoms with Crippen LogP contribution >= 0.6 is 0 Å². The maximum absolute atomic E-state index is 12.2. The number of fused-ring (bicyclic) bond motifs is 1. The molecule has 0 saturated heterocycles. The maximum atomic E-state index is 12.2. The Morgan fingerprint density at radius 2 is 1.74 bits per heavy atom. The zero-order valence-corrected chi connectivity index (χ0v) is 10.2. The minimum Gasteiger partial charge on any atom is -0.475 e. The first-order valence-corrected chi connectivity index (χ1v) is 6.15. The molecule has 1 aliphatic rings. The van der Waals surface area contributed by atoms with E-state index in [-0.39, 0.29) is 17.3 Å². The third-order valence-corrected chi connectivity index (χ3v) is 3.40. The van der Waals surface area contributed by atoms with Crippen molar-refractivity contribution in [1.82, 2.24) is 0 Å². The number of carbonyl (C=O) groups excluding carboxylic acids is 1. The van der Waals surface area contributed by atoms with Gasteiger partial charge >= 0.3 is 5.97 Å². The zero-order valence-electron chi connectivity index (χ0n) is 10.2. The minimum atomic E-state index is -1.17. The van der Waals surface area contributed by atoms with Crippen LogP contribution in [-0.4, -0.2) is 16.9 Å². The molecule has 0 saturated carbocycles. The van der Waals surface area contributed by atoms with Crippen LogP contribution in [0.15, 0.2) is 34.7 Å². The average Bonchev–Trinajstić information content (AvgIpc) is 3.06. The quantitative estimate of drug-likeness (QED) is 0.857. The number of rotatable bonds is 3. The normalized spacial score (nSPS) is 13.3. The van der Waals surface area contributed by atoms with Crippen LogP contribution in [-0.2, 0) is 12.8 Å². The molecule has 4 nitrogen and oxygen atoms in total. The summed E-state index contributed by atoms with van der Waals surface area (Å²) in [5, 5.41) is 8.77. The molecule has 0 spiro atoms. The zero-order chi connectivity index (χ0) is 13.4. The number of furan rings is 1. The van der Waals surface area contributed by atoms with Gasteiger partial charge in [-0.25, -0.2) is 4.79 Å². The fourth-order valence-electron chi connectivity index (χ4n) is 2.43. The summed E-state index contributed by atoms with van der Waals surface area (Å²) in [6.07, 6.45) is 3.18. The molecule has 1 N–H and O–H groups in total. The van der Waals surface area contributed by atoms with Gasteiger partial charge in [0.1, 0.15) is 0 Å². The van der Waals surface area contributed by atoms with Crippen LogP contribution < -0.4 is 0 Å². The third-order valence-electron chi connectivity index (χ3n) is 3.40. The first kappa shape index (κ1) is 11.7. The molecular weight excluding hydrogens is 244 g/mol. The summed E-state index contributed by atoms with van der Waals surface area (Å²) in [6.45, 7) is 0. The second-order valence-corrected chi connectivity index (χ2v) is 4.64. The Hall–Kier alpha value is -2.36. The van der Waals surface area contributed by atoms with Crippen molar-refractivity contribution in [3.63, 3.8) is 0 Å². The van der Waals surface area contributed by atoms with Crippen LogP contribution in [0.2, 0.25) is 0 Å². The number of aromatic carboxylic acids is 1. The summed E-state index contributed by atoms with van der Waals surface area (Å²) in [5.41, 5.74) is 3.05. The number of carboxylic acids is 1. The molecule has 3 rings (SSSR count). The highest BCUT2D eigenvalue weighted by atomic mass is 16.4. The van der Waals surface area contributed by atoms with E-state index in [1.807, 2.05) is 12.1 Å². The summed E-state index contributed by atoms with van der Waals surface area (Å²) in [7, 11) is 0. The van der Waals surface area contributed by atoms with Crippen molar-refractivity contribution in [2.45, 2.75) is 19.3 Å². The van der Waals surface area contributed by atoms with Crippen LogP contribution in [0.5, 0.6) is 0 Å². The molecule has 19 heavy (non-hydrogen) atoms. The van der Waals surface area contributed by atoms with Gasteiger partial charge in [-0.2, -0.15) is 0 Å². The summed E-state index contributed by atoms with van der Waals surface area (Å²) in [4.78, 5) is 22.9. The standard InChI is InChI=1S/C15H12O4/c16-14(12-6-7-13(19-12)15(17)18)11-5-4-9-2-1-3-10(9)8-11/h4-8H,1-3H2,(H,17,18). The number of hydrogen-bond donors (Lipinski definition) is 1. The van der Waals surface area contributed by atoms with E-state index in [9.17, 15) is 9.59 Å². The predicted molar refractivity (Wildman–Crippen MR) is 67.6 cm³/mol. The largest absolute Gasteiger partial charge is 0.475 e. The van der Waals surface area contributed by atoms with Gasteiger partial charge in [-0.1, -0.05) is 12.1 Å². The molecular formula is C15H12O4. The summed E-state index contributed by atoms with van der Waals surface area (Å²) in [5.74, 6) is -1.60. The molecule has 1 aliphatic carbocycles. The van der Waals surface area contributed by atoms with Gasteiger partial charge in [0.2, 0.25) is 11.5 Å². The van der Waals surface area contributed by atoms with Gasteiger partial charge < -0.3 is 9.52 Å². The average molecular weight is 256 g/mol. The van der Waals surface area contributed by atoms with Crippen LogP contribution in [0, 0.1) is 0 Å². The lowest BCUT2D eigenvalue weighted by Gasteiger charge is -2.02. The first-order valence-electron chi connectivity index (χ1n) is 6.15. The topological polar surface area (TPSA) is 67.5 Å². The van der Waals surface area contributed by atoms with Gasteiger partial charge in [-0.15, -0.1) is 0 Å². The van der Waals surface area contributed by atoms with E-state index in [0.29, 0.717) is 5.56 Å². The smallest absolute Gasteiger partial charge is 0.371 e. The highest BCUT2D eigenvalue weighted by molar-refractivity contribution is 6.07. The monoisotopic (exact) mass is 256 g/mol. The molecule has 4 heteroatoms. The van der Waals surface area contributed by atoms with Gasteiger partial charge in [0, 0.05) is 5.56 Å². The molecule has 0 fully saturated rings. The molecule has 0 amide bonds. The van der Waals surface area contributed by atoms with Crippen molar-refractivity contribution >= 4 is 11.8 Å². The van der Waals surface area contributed by atoms with Gasteiger partial charge in [0.25, 0.3) is 0 Å². The van der Waals surface area contributed by atoms with Gasteiger partial charge in [-0.05, 0) is 48.6 Å². The van der Waals surface area contributed by atoms with Crippen molar-refractivity contribution in [3.05, 3.63) is 58.5 Å². The summed E-state index contributed by atoms with van der Waals surface area (Å²) in [6, 6.07) is 8.32. The Balaban J connectivity index is 1.92. The molecule has 0 atom stereocenters. The third kappa shape index (κ3) is 2.05. The SMILES string of the molecule is O=C(O)c1ccc(C(=O)c2ccc3c(c2)CCC3)o1. The number of ketones is 1. The van der Waals surface area contributed by atoms with Crippen LogP contribution in [0.3, 0.4) is 0 Å². The number of benzene rings is 1. The summed E-state index contributed by atoms with van der Waals surface area (Å²) < 4.78 is 5.03. The predicted octanol–water partition coefficient (Wildman–Crippen LogP) is 2.70. The lowest BCUT2D eigenvalue weighted by molar-refractivity contribution is 0.0660. The Kier molecular flexibility index (Phi) is 2.71. The van der Waals surface area contributed by atoms with E-state index >= 15 is 0 Å².